The molecule has 3 aromatic rings. The van der Waals surface area contributed by atoms with Gasteiger partial charge in [0.15, 0.2) is 5.82 Å². The molecule has 3 N–H and O–H groups in total. The van der Waals surface area contributed by atoms with Crippen LogP contribution in [0.5, 0.6) is 5.75 Å². The van der Waals surface area contributed by atoms with E-state index in [1.807, 2.05) is 4.90 Å². The van der Waals surface area contributed by atoms with Gasteiger partial charge in [0.1, 0.15) is 22.9 Å². The summed E-state index contributed by atoms with van der Waals surface area (Å²) in [7, 11) is 0. The van der Waals surface area contributed by atoms with Crippen molar-refractivity contribution in [2.24, 2.45) is 0 Å². The van der Waals surface area contributed by atoms with Crippen LogP contribution >= 0.6 is 11.6 Å². The van der Waals surface area contributed by atoms with Crippen molar-refractivity contribution in [1.29, 1.82) is 0 Å². The Kier molecular flexibility index (Phi) is 7.20. The number of phenolic OH excluding ortho intramolecular Hbond substituents is 1. The van der Waals surface area contributed by atoms with Gasteiger partial charge in [0, 0.05) is 43.7 Å². The van der Waals surface area contributed by atoms with Crippen LogP contribution in [0.3, 0.4) is 0 Å². The van der Waals surface area contributed by atoms with Crippen LogP contribution in [0.4, 0.5) is 20.5 Å². The maximum Gasteiger partial charge on any atom is 0.305 e. The summed E-state index contributed by atoms with van der Waals surface area (Å²) in [6, 6.07) is 4.97. The van der Waals surface area contributed by atoms with Crippen LogP contribution in [0.15, 0.2) is 36.9 Å². The summed E-state index contributed by atoms with van der Waals surface area (Å²) in [6.45, 7) is 4.96. The lowest BCUT2D eigenvalue weighted by Gasteiger charge is -2.35. The van der Waals surface area contributed by atoms with E-state index in [9.17, 15) is 19.1 Å². The normalized spacial score (nSPS) is 13.6. The summed E-state index contributed by atoms with van der Waals surface area (Å²) in [5, 5.41) is 22.0. The van der Waals surface area contributed by atoms with E-state index in [-0.39, 0.29) is 46.3 Å². The summed E-state index contributed by atoms with van der Waals surface area (Å²) in [4.78, 5) is 35.0. The molecule has 2 heterocycles. The van der Waals surface area contributed by atoms with Gasteiger partial charge in [-0.2, -0.15) is 4.98 Å². The molecule has 0 aliphatic carbocycles. The second-order valence-corrected chi connectivity index (χ2v) is 8.44. The lowest BCUT2D eigenvalue weighted by atomic mass is 10.0. The van der Waals surface area contributed by atoms with Gasteiger partial charge < -0.3 is 25.3 Å². The first-order valence-corrected chi connectivity index (χ1v) is 11.4. The van der Waals surface area contributed by atoms with Crippen molar-refractivity contribution in [1.82, 2.24) is 14.9 Å². The van der Waals surface area contributed by atoms with Gasteiger partial charge in [0.05, 0.1) is 17.0 Å². The second-order valence-electron chi connectivity index (χ2n) is 8.04. The van der Waals surface area contributed by atoms with Gasteiger partial charge in [0.25, 0.3) is 0 Å². The number of carbonyl (C=O) groups is 2. The number of amides is 1. The van der Waals surface area contributed by atoms with Crippen molar-refractivity contribution in [2.45, 2.75) is 6.42 Å². The molecule has 2 aromatic carbocycles. The number of hydrogen-bond acceptors (Lipinski definition) is 7. The number of rotatable bonds is 7. The Balaban J connectivity index is 1.84. The van der Waals surface area contributed by atoms with Crippen molar-refractivity contribution >= 4 is 46.1 Å². The highest BCUT2D eigenvalue weighted by atomic mass is 35.5. The predicted molar refractivity (Wildman–Crippen MR) is 131 cm³/mol. The fourth-order valence-corrected chi connectivity index (χ4v) is 4.32. The van der Waals surface area contributed by atoms with Crippen molar-refractivity contribution in [3.63, 3.8) is 0 Å². The van der Waals surface area contributed by atoms with Gasteiger partial charge >= 0.3 is 5.97 Å². The number of anilines is 2. The summed E-state index contributed by atoms with van der Waals surface area (Å²) in [5.41, 5.74) is -0.953. The average Bonchev–Trinajstić information content (AvgIpc) is 2.85. The minimum absolute atomic E-state index is 0.0158. The van der Waals surface area contributed by atoms with Crippen LogP contribution in [-0.2, 0) is 9.59 Å². The zero-order valence-corrected chi connectivity index (χ0v) is 19.7. The van der Waals surface area contributed by atoms with Gasteiger partial charge in [-0.05, 0) is 24.3 Å². The lowest BCUT2D eigenvalue weighted by Crippen LogP contribution is -2.48. The number of carbonyl (C=O) groups excluding carboxylic acids is 1. The second kappa shape index (κ2) is 10.3. The van der Waals surface area contributed by atoms with E-state index in [2.05, 4.69) is 21.9 Å². The molecule has 0 saturated carbocycles. The first kappa shape index (κ1) is 25.1. The van der Waals surface area contributed by atoms with E-state index in [1.54, 1.807) is 4.90 Å². The Morgan fingerprint density at radius 1 is 1.17 bits per heavy atom. The van der Waals surface area contributed by atoms with Crippen LogP contribution in [0.1, 0.15) is 6.42 Å². The highest BCUT2D eigenvalue weighted by Gasteiger charge is 2.27. The molecule has 0 radical (unpaired) electrons. The SMILES string of the molecule is C=CC(=O)N1CCN(c2nc(NCCC(=O)O)nc3c(F)c(-c4c(O)cccc4F)c(Cl)cc23)CC1. The van der Waals surface area contributed by atoms with Gasteiger partial charge in [0.2, 0.25) is 11.9 Å². The average molecular weight is 518 g/mol. The molecule has 1 saturated heterocycles. The van der Waals surface area contributed by atoms with Crippen LogP contribution in [0.25, 0.3) is 22.0 Å². The van der Waals surface area contributed by atoms with E-state index in [4.69, 9.17) is 16.7 Å². The van der Waals surface area contributed by atoms with E-state index in [1.165, 1.54) is 24.3 Å². The molecule has 0 atom stereocenters. The number of aromatic nitrogens is 2. The zero-order valence-electron chi connectivity index (χ0n) is 19.0. The molecule has 0 unspecified atom stereocenters. The fourth-order valence-electron chi connectivity index (χ4n) is 4.04. The van der Waals surface area contributed by atoms with Gasteiger partial charge in [-0.1, -0.05) is 24.2 Å². The quantitative estimate of drug-likeness (QED) is 0.406. The molecule has 9 nitrogen and oxygen atoms in total. The molecule has 188 valence electrons. The number of halogens is 3. The molecule has 0 bridgehead atoms. The summed E-state index contributed by atoms with van der Waals surface area (Å²) in [5.74, 6) is -3.30. The van der Waals surface area contributed by atoms with Crippen molar-refractivity contribution in [3.05, 3.63) is 53.6 Å². The van der Waals surface area contributed by atoms with Crippen LogP contribution in [-0.4, -0.2) is 69.7 Å². The monoisotopic (exact) mass is 517 g/mol. The van der Waals surface area contributed by atoms with Crippen molar-refractivity contribution < 1.29 is 28.6 Å². The maximum atomic E-state index is 15.9. The number of piperazine rings is 1. The number of aromatic hydroxyl groups is 1. The Morgan fingerprint density at radius 3 is 2.53 bits per heavy atom. The highest BCUT2D eigenvalue weighted by Crippen LogP contribution is 2.42. The van der Waals surface area contributed by atoms with Gasteiger partial charge in [-0.25, -0.2) is 13.8 Å². The molecular formula is C24H22ClF2N5O4. The number of phenols is 1. The minimum Gasteiger partial charge on any atom is -0.507 e. The van der Waals surface area contributed by atoms with E-state index >= 15 is 4.39 Å². The number of carboxylic acids is 1. The molecule has 1 amide bonds. The van der Waals surface area contributed by atoms with E-state index in [0.29, 0.717) is 32.0 Å². The number of aliphatic carboxylic acids is 1. The summed E-state index contributed by atoms with van der Waals surface area (Å²) >= 11 is 6.40. The number of nitrogens with zero attached hydrogens (tertiary/aromatic N) is 4. The number of benzene rings is 2. The van der Waals surface area contributed by atoms with Crippen LogP contribution in [0.2, 0.25) is 5.02 Å². The molecule has 1 fully saturated rings. The number of fused-ring (bicyclic) bond motifs is 1. The molecule has 4 rings (SSSR count). The molecule has 1 aromatic heterocycles. The largest absolute Gasteiger partial charge is 0.507 e. The highest BCUT2D eigenvalue weighted by molar-refractivity contribution is 6.34. The summed E-state index contributed by atoms with van der Waals surface area (Å²) < 4.78 is 30.5. The van der Waals surface area contributed by atoms with Gasteiger partial charge in [-0.3, -0.25) is 9.59 Å². The lowest BCUT2D eigenvalue weighted by molar-refractivity contribution is -0.136. The van der Waals surface area contributed by atoms with Gasteiger partial charge in [-0.15, -0.1) is 0 Å². The number of hydrogen-bond donors (Lipinski definition) is 3. The maximum absolute atomic E-state index is 15.9. The Morgan fingerprint density at radius 2 is 1.89 bits per heavy atom. The predicted octanol–water partition coefficient (Wildman–Crippen LogP) is 3.66. The van der Waals surface area contributed by atoms with Crippen molar-refractivity contribution in [3.8, 4) is 16.9 Å². The molecule has 36 heavy (non-hydrogen) atoms. The smallest absolute Gasteiger partial charge is 0.305 e. The fraction of sp³-hybridized carbons (Fsp3) is 0.250. The number of carboxylic acid groups (broad SMARTS) is 1. The molecule has 1 aliphatic rings. The molecule has 12 heteroatoms. The van der Waals surface area contributed by atoms with Crippen LogP contribution < -0.4 is 10.2 Å². The Bertz CT molecular complexity index is 1340. The topological polar surface area (TPSA) is 119 Å². The zero-order chi connectivity index (χ0) is 26.0. The third-order valence-corrected chi connectivity index (χ3v) is 6.09. The van der Waals surface area contributed by atoms with Crippen LogP contribution in [0, 0.1) is 11.6 Å². The first-order chi connectivity index (χ1) is 17.2. The standard InChI is InChI=1S/C24H22ClF2N5O4/c1-2-17(34)31-8-10-32(11-9-31)23-13-12-14(25)19(20-15(26)4-3-5-16(20)33)21(27)22(13)29-24(30-23)28-7-6-18(35)36/h2-5,12,33H,1,6-11H2,(H,35,36)(H,28,29,30). The molecular weight excluding hydrogens is 496 g/mol. The van der Waals surface area contributed by atoms with E-state index in [0.717, 1.165) is 6.07 Å². The third-order valence-electron chi connectivity index (χ3n) is 5.79. The number of nitrogens with one attached hydrogen (secondary N) is 1. The third kappa shape index (κ3) is 4.87. The van der Waals surface area contributed by atoms with E-state index < -0.39 is 28.9 Å². The first-order valence-electron chi connectivity index (χ1n) is 11.0. The Labute approximate surface area is 209 Å². The minimum atomic E-state index is -1.04. The van der Waals surface area contributed by atoms with Crippen molar-refractivity contribution in [2.75, 3.05) is 42.9 Å². The Hall–Kier alpha value is -3.99. The molecule has 1 aliphatic heterocycles. The summed E-state index contributed by atoms with van der Waals surface area (Å²) in [6.07, 6.45) is 1.01. The molecule has 0 spiro atoms.